The topological polar surface area (TPSA) is 41.1 Å². The van der Waals surface area contributed by atoms with Crippen molar-refractivity contribution in [1.82, 2.24) is 10.6 Å². The summed E-state index contributed by atoms with van der Waals surface area (Å²) in [5.41, 5.74) is 0.342. The van der Waals surface area contributed by atoms with Gasteiger partial charge in [0.05, 0.1) is 0 Å². The van der Waals surface area contributed by atoms with Gasteiger partial charge in [-0.25, -0.2) is 4.79 Å². The SMILES string of the molecule is CC1(CNC(=O)NC2CCC2)CCCCC1. The van der Waals surface area contributed by atoms with Gasteiger partial charge < -0.3 is 10.6 Å². The monoisotopic (exact) mass is 224 g/mol. The molecule has 2 fully saturated rings. The summed E-state index contributed by atoms with van der Waals surface area (Å²) < 4.78 is 0. The standard InChI is InChI=1S/C13H24N2O/c1-13(8-3-2-4-9-13)10-14-12(16)15-11-6-5-7-11/h11H,2-10H2,1H3,(H2,14,15,16). The minimum Gasteiger partial charge on any atom is -0.338 e. The molecule has 0 aromatic rings. The third kappa shape index (κ3) is 3.13. The van der Waals surface area contributed by atoms with Crippen LogP contribution in [0.4, 0.5) is 4.79 Å². The van der Waals surface area contributed by atoms with E-state index in [-0.39, 0.29) is 6.03 Å². The normalized spacial score (nSPS) is 24.6. The zero-order valence-corrected chi connectivity index (χ0v) is 10.3. The van der Waals surface area contributed by atoms with E-state index in [2.05, 4.69) is 17.6 Å². The lowest BCUT2D eigenvalue weighted by molar-refractivity contribution is 0.194. The van der Waals surface area contributed by atoms with Crippen LogP contribution >= 0.6 is 0 Å². The van der Waals surface area contributed by atoms with Crippen LogP contribution in [0.3, 0.4) is 0 Å². The largest absolute Gasteiger partial charge is 0.338 e. The molecule has 16 heavy (non-hydrogen) atoms. The lowest BCUT2D eigenvalue weighted by Crippen LogP contribution is -2.48. The van der Waals surface area contributed by atoms with E-state index in [9.17, 15) is 4.79 Å². The van der Waals surface area contributed by atoms with Gasteiger partial charge in [-0.1, -0.05) is 26.2 Å². The molecule has 3 heteroatoms. The molecule has 0 saturated heterocycles. The Morgan fingerprint density at radius 3 is 2.44 bits per heavy atom. The van der Waals surface area contributed by atoms with Crippen LogP contribution in [0.5, 0.6) is 0 Å². The van der Waals surface area contributed by atoms with Gasteiger partial charge in [0.1, 0.15) is 0 Å². The summed E-state index contributed by atoms with van der Waals surface area (Å²) in [7, 11) is 0. The second-order valence-electron chi connectivity index (χ2n) is 5.83. The van der Waals surface area contributed by atoms with Crippen molar-refractivity contribution >= 4 is 6.03 Å². The molecular formula is C13H24N2O. The highest BCUT2D eigenvalue weighted by atomic mass is 16.2. The number of hydrogen-bond acceptors (Lipinski definition) is 1. The number of urea groups is 1. The van der Waals surface area contributed by atoms with Crippen LogP contribution < -0.4 is 10.6 Å². The molecule has 2 saturated carbocycles. The summed E-state index contributed by atoms with van der Waals surface area (Å²) in [6, 6.07) is 0.482. The van der Waals surface area contributed by atoms with Crippen molar-refractivity contribution in [3.8, 4) is 0 Å². The number of carbonyl (C=O) groups excluding carboxylic acids is 1. The Labute approximate surface area is 98.4 Å². The molecule has 0 heterocycles. The summed E-state index contributed by atoms with van der Waals surface area (Å²) in [6.45, 7) is 3.14. The Morgan fingerprint density at radius 2 is 1.88 bits per heavy atom. The van der Waals surface area contributed by atoms with E-state index in [1.54, 1.807) is 0 Å². The van der Waals surface area contributed by atoms with E-state index in [0.29, 0.717) is 11.5 Å². The van der Waals surface area contributed by atoms with Crippen LogP contribution in [0.2, 0.25) is 0 Å². The van der Waals surface area contributed by atoms with Crippen molar-refractivity contribution in [2.75, 3.05) is 6.54 Å². The molecular weight excluding hydrogens is 200 g/mol. The Balaban J connectivity index is 1.66. The van der Waals surface area contributed by atoms with Crippen LogP contribution in [-0.4, -0.2) is 18.6 Å². The fraction of sp³-hybridized carbons (Fsp3) is 0.923. The number of carbonyl (C=O) groups is 1. The van der Waals surface area contributed by atoms with Gasteiger partial charge in [0.15, 0.2) is 0 Å². The van der Waals surface area contributed by atoms with E-state index in [1.165, 1.54) is 38.5 Å². The highest BCUT2D eigenvalue weighted by Crippen LogP contribution is 2.34. The van der Waals surface area contributed by atoms with E-state index in [1.807, 2.05) is 0 Å². The summed E-state index contributed by atoms with van der Waals surface area (Å²) in [5.74, 6) is 0. The lowest BCUT2D eigenvalue weighted by atomic mass is 9.76. The predicted octanol–water partition coefficient (Wildman–Crippen LogP) is 2.81. The van der Waals surface area contributed by atoms with Crippen LogP contribution in [0.1, 0.15) is 58.3 Å². The van der Waals surface area contributed by atoms with Gasteiger partial charge in [-0.15, -0.1) is 0 Å². The first-order chi connectivity index (χ1) is 7.68. The first-order valence-electron chi connectivity index (χ1n) is 6.72. The molecule has 0 unspecified atom stereocenters. The number of rotatable bonds is 3. The minimum absolute atomic E-state index is 0.0384. The van der Waals surface area contributed by atoms with Gasteiger partial charge in [0, 0.05) is 12.6 Å². The Kier molecular flexibility index (Phi) is 3.72. The maximum atomic E-state index is 11.6. The molecule has 0 bridgehead atoms. The van der Waals surface area contributed by atoms with Crippen molar-refractivity contribution in [2.45, 2.75) is 64.3 Å². The molecule has 2 amide bonds. The molecule has 2 N–H and O–H groups in total. The van der Waals surface area contributed by atoms with E-state index >= 15 is 0 Å². The van der Waals surface area contributed by atoms with Gasteiger partial charge in [0.25, 0.3) is 0 Å². The van der Waals surface area contributed by atoms with Crippen LogP contribution in [-0.2, 0) is 0 Å². The molecule has 3 nitrogen and oxygen atoms in total. The number of amides is 2. The molecule has 0 atom stereocenters. The molecule has 92 valence electrons. The summed E-state index contributed by atoms with van der Waals surface area (Å²) in [6.07, 6.45) is 10.1. The summed E-state index contributed by atoms with van der Waals surface area (Å²) >= 11 is 0. The fourth-order valence-electron chi connectivity index (χ4n) is 2.66. The summed E-state index contributed by atoms with van der Waals surface area (Å²) in [4.78, 5) is 11.6. The summed E-state index contributed by atoms with van der Waals surface area (Å²) in [5, 5.41) is 6.07. The highest BCUT2D eigenvalue weighted by molar-refractivity contribution is 5.74. The van der Waals surface area contributed by atoms with Gasteiger partial charge in [-0.3, -0.25) is 0 Å². The number of nitrogens with one attached hydrogen (secondary N) is 2. The van der Waals surface area contributed by atoms with Crippen molar-refractivity contribution in [2.24, 2.45) is 5.41 Å². The van der Waals surface area contributed by atoms with Crippen molar-refractivity contribution in [1.29, 1.82) is 0 Å². The zero-order chi connectivity index (χ0) is 11.4. The molecule has 0 spiro atoms. The first-order valence-corrected chi connectivity index (χ1v) is 6.72. The smallest absolute Gasteiger partial charge is 0.315 e. The third-order valence-corrected chi connectivity index (χ3v) is 4.18. The van der Waals surface area contributed by atoms with Gasteiger partial charge in [0.2, 0.25) is 0 Å². The third-order valence-electron chi connectivity index (χ3n) is 4.18. The first kappa shape index (κ1) is 11.7. The van der Waals surface area contributed by atoms with E-state index in [0.717, 1.165) is 19.4 Å². The van der Waals surface area contributed by atoms with Gasteiger partial charge in [-0.05, 0) is 37.5 Å². The van der Waals surface area contributed by atoms with Crippen LogP contribution in [0.25, 0.3) is 0 Å². The van der Waals surface area contributed by atoms with Gasteiger partial charge in [-0.2, -0.15) is 0 Å². The maximum absolute atomic E-state index is 11.6. The highest BCUT2D eigenvalue weighted by Gasteiger charge is 2.27. The van der Waals surface area contributed by atoms with E-state index in [4.69, 9.17) is 0 Å². The average molecular weight is 224 g/mol. The maximum Gasteiger partial charge on any atom is 0.315 e. The molecule has 2 aliphatic carbocycles. The molecule has 2 aliphatic rings. The fourth-order valence-corrected chi connectivity index (χ4v) is 2.66. The quantitative estimate of drug-likeness (QED) is 0.760. The Morgan fingerprint density at radius 1 is 1.19 bits per heavy atom. The van der Waals surface area contributed by atoms with Crippen molar-refractivity contribution < 1.29 is 4.79 Å². The Hall–Kier alpha value is -0.730. The van der Waals surface area contributed by atoms with Crippen LogP contribution in [0.15, 0.2) is 0 Å². The van der Waals surface area contributed by atoms with Crippen LogP contribution in [0, 0.1) is 5.41 Å². The minimum atomic E-state index is 0.0384. The van der Waals surface area contributed by atoms with Crippen molar-refractivity contribution in [3.63, 3.8) is 0 Å². The van der Waals surface area contributed by atoms with Gasteiger partial charge >= 0.3 is 6.03 Å². The second-order valence-corrected chi connectivity index (χ2v) is 5.83. The molecule has 0 aliphatic heterocycles. The second kappa shape index (κ2) is 5.07. The molecule has 2 rings (SSSR count). The molecule has 0 aromatic carbocycles. The lowest BCUT2D eigenvalue weighted by Gasteiger charge is -2.34. The predicted molar refractivity (Wildman–Crippen MR) is 65.4 cm³/mol. The Bertz CT molecular complexity index is 242. The molecule has 0 radical (unpaired) electrons. The zero-order valence-electron chi connectivity index (χ0n) is 10.3. The average Bonchev–Trinajstić information content (AvgIpc) is 2.22. The van der Waals surface area contributed by atoms with E-state index < -0.39 is 0 Å². The number of hydrogen-bond donors (Lipinski definition) is 2. The van der Waals surface area contributed by atoms with Crippen molar-refractivity contribution in [3.05, 3.63) is 0 Å². The molecule has 0 aromatic heterocycles.